The lowest BCUT2D eigenvalue weighted by Gasteiger charge is -2.52. The SMILES string of the molecule is CCCO.CC[C@H]1OC(=O)[C@H](C)[C@@H](O[C@H]2C[C@@](C)(OC)[C@@H](O)[C@H](C)O2)[C@H](C)[C@@H](O[C@@H]2O[C@H](C)C[C@H](N(C)C)[C@H]2O)[C@](C)(O)C[C@@H](C)[C@@H]2N[C@@H](COCCOC)O[C@@H]([C@H]2C)[C@]1(C)O. The van der Waals surface area contributed by atoms with Crippen LogP contribution in [0, 0.1) is 23.7 Å². The third-order valence-corrected chi connectivity index (χ3v) is 13.7. The van der Waals surface area contributed by atoms with Crippen LogP contribution in [0.1, 0.15) is 108 Å². The summed E-state index contributed by atoms with van der Waals surface area (Å²) in [6.45, 7) is 21.3. The average molecular weight is 895 g/mol. The average Bonchev–Trinajstić information content (AvgIpc) is 3.21. The first-order valence-electron chi connectivity index (χ1n) is 22.9. The van der Waals surface area contributed by atoms with Gasteiger partial charge < -0.3 is 73.1 Å². The maximum absolute atomic E-state index is 14.5. The Labute approximate surface area is 371 Å². The van der Waals surface area contributed by atoms with Crippen LogP contribution < -0.4 is 5.32 Å². The Morgan fingerprint density at radius 2 is 1.55 bits per heavy atom. The van der Waals surface area contributed by atoms with Gasteiger partial charge >= 0.3 is 5.97 Å². The Bertz CT molecular complexity index is 1330. The number of fused-ring (bicyclic) bond motifs is 2. The predicted molar refractivity (Wildman–Crippen MR) is 231 cm³/mol. The first kappa shape index (κ1) is 55.2. The zero-order valence-electron chi connectivity index (χ0n) is 40.4. The smallest absolute Gasteiger partial charge is 0.311 e. The molecular weight excluding hydrogens is 808 g/mol. The van der Waals surface area contributed by atoms with Gasteiger partial charge in [-0.25, -0.2) is 0 Å². The van der Waals surface area contributed by atoms with Crippen LogP contribution in [0.4, 0.5) is 0 Å². The van der Waals surface area contributed by atoms with Crippen molar-refractivity contribution in [3.63, 3.8) is 0 Å². The van der Waals surface area contributed by atoms with Gasteiger partial charge in [-0.2, -0.15) is 0 Å². The molecule has 4 aliphatic rings. The molecule has 20 atom stereocenters. The van der Waals surface area contributed by atoms with E-state index in [2.05, 4.69) is 5.32 Å². The summed E-state index contributed by atoms with van der Waals surface area (Å²) in [5.74, 6) is -2.95. The molecule has 0 unspecified atom stereocenters. The van der Waals surface area contributed by atoms with E-state index in [9.17, 15) is 25.2 Å². The van der Waals surface area contributed by atoms with Crippen molar-refractivity contribution in [2.75, 3.05) is 54.7 Å². The molecule has 4 heterocycles. The molecule has 4 aliphatic heterocycles. The molecule has 0 amide bonds. The molecule has 4 saturated heterocycles. The van der Waals surface area contributed by atoms with Crippen LogP contribution in [0.2, 0.25) is 0 Å². The minimum Gasteiger partial charge on any atom is -0.459 e. The van der Waals surface area contributed by atoms with Crippen molar-refractivity contribution >= 4 is 5.97 Å². The number of aliphatic hydroxyl groups excluding tert-OH is 3. The van der Waals surface area contributed by atoms with E-state index >= 15 is 0 Å². The molecule has 17 heteroatoms. The van der Waals surface area contributed by atoms with Crippen LogP contribution in [0.15, 0.2) is 0 Å². The quantitative estimate of drug-likeness (QED) is 0.116. The second-order valence-electron chi connectivity index (χ2n) is 19.3. The number of ether oxygens (including phenoxy) is 9. The molecule has 0 radical (unpaired) electrons. The molecule has 0 aromatic carbocycles. The van der Waals surface area contributed by atoms with Gasteiger partial charge in [0.15, 0.2) is 12.6 Å². The first-order chi connectivity index (χ1) is 28.9. The molecule has 4 fully saturated rings. The number of rotatable bonds is 13. The lowest BCUT2D eigenvalue weighted by molar-refractivity contribution is -0.318. The fourth-order valence-corrected chi connectivity index (χ4v) is 10.0. The van der Waals surface area contributed by atoms with E-state index in [1.54, 1.807) is 41.7 Å². The minimum atomic E-state index is -1.64. The molecule has 0 aliphatic carbocycles. The van der Waals surface area contributed by atoms with Gasteiger partial charge in [0, 0.05) is 51.2 Å². The number of methoxy groups -OCH3 is 2. The van der Waals surface area contributed by atoms with Gasteiger partial charge in [0.25, 0.3) is 0 Å². The van der Waals surface area contributed by atoms with E-state index in [1.807, 2.05) is 60.5 Å². The highest BCUT2D eigenvalue weighted by atomic mass is 16.7. The third kappa shape index (κ3) is 13.5. The lowest BCUT2D eigenvalue weighted by atomic mass is 9.71. The molecule has 0 aromatic rings. The molecule has 0 spiro atoms. The number of carbonyl (C=O) groups is 1. The summed E-state index contributed by atoms with van der Waals surface area (Å²) in [6.07, 6.45) is -7.42. The molecule has 6 N–H and O–H groups in total. The maximum Gasteiger partial charge on any atom is 0.311 e. The summed E-state index contributed by atoms with van der Waals surface area (Å²) in [4.78, 5) is 16.4. The Balaban J connectivity index is 0.00000245. The standard InChI is InChI=1S/C42H78N2O14.C3H8O/c1-15-29-42(10,49)37-24(4)32(43-30(56-37)21-52-17-16-50-13)22(2)19-40(8,48)36(58-39-33(45)28(44(11)12)18-23(3)53-39)25(5)34(26(6)38(47)55-29)57-31-20-41(9,51-14)35(46)27(7)54-31;1-2-3-4/h22-37,39,43,45-46,48-49H,15-21H2,1-14H3;4H,2-3H2,1H3/t22-,23-,24+,25+,26-,27+,28+,29-,30-,31+,32+,33-,34+,35+,36-,37+,39+,40-,41-,42-;/m1./s1. The number of aliphatic hydroxyl groups is 5. The number of hydrogen-bond donors (Lipinski definition) is 6. The number of esters is 1. The number of nitrogens with one attached hydrogen (secondary N) is 1. The van der Waals surface area contributed by atoms with Crippen LogP contribution in [0.25, 0.3) is 0 Å². The number of carbonyl (C=O) groups excluding carboxylic acids is 1. The van der Waals surface area contributed by atoms with Crippen molar-refractivity contribution in [1.82, 2.24) is 10.2 Å². The third-order valence-electron chi connectivity index (χ3n) is 13.7. The second-order valence-corrected chi connectivity index (χ2v) is 19.3. The fourth-order valence-electron chi connectivity index (χ4n) is 10.0. The van der Waals surface area contributed by atoms with E-state index in [0.717, 1.165) is 6.42 Å². The van der Waals surface area contributed by atoms with Crippen LogP contribution in [0.5, 0.6) is 0 Å². The van der Waals surface area contributed by atoms with E-state index in [-0.39, 0.29) is 55.9 Å². The van der Waals surface area contributed by atoms with E-state index < -0.39 is 96.1 Å². The Morgan fingerprint density at radius 1 is 0.903 bits per heavy atom. The summed E-state index contributed by atoms with van der Waals surface area (Å²) in [5, 5.41) is 59.4. The summed E-state index contributed by atoms with van der Waals surface area (Å²) in [6, 6.07) is -0.593. The fraction of sp³-hybridized carbons (Fsp3) is 0.978. The lowest BCUT2D eigenvalue weighted by Crippen LogP contribution is -2.67. The highest BCUT2D eigenvalue weighted by molar-refractivity contribution is 5.73. The van der Waals surface area contributed by atoms with E-state index in [1.165, 1.54) is 7.11 Å². The van der Waals surface area contributed by atoms with Crippen LogP contribution >= 0.6 is 0 Å². The van der Waals surface area contributed by atoms with Gasteiger partial charge in [0.05, 0.1) is 67.5 Å². The summed E-state index contributed by atoms with van der Waals surface area (Å²) in [7, 11) is 6.90. The summed E-state index contributed by atoms with van der Waals surface area (Å²) >= 11 is 0. The van der Waals surface area contributed by atoms with Gasteiger partial charge in [-0.1, -0.05) is 34.6 Å². The molecule has 2 bridgehead atoms. The maximum atomic E-state index is 14.5. The summed E-state index contributed by atoms with van der Waals surface area (Å²) in [5.41, 5.74) is -4.27. The molecule has 62 heavy (non-hydrogen) atoms. The number of hydrogen-bond acceptors (Lipinski definition) is 17. The van der Waals surface area contributed by atoms with Crippen molar-refractivity contribution in [2.45, 2.75) is 205 Å². The normalized spacial score (nSPS) is 46.0. The zero-order valence-corrected chi connectivity index (χ0v) is 40.4. The van der Waals surface area contributed by atoms with Gasteiger partial charge in [0.2, 0.25) is 0 Å². The Hall–Kier alpha value is -1.13. The van der Waals surface area contributed by atoms with Gasteiger partial charge in [-0.05, 0) is 87.2 Å². The van der Waals surface area contributed by atoms with Crippen LogP contribution in [0.3, 0.4) is 0 Å². The predicted octanol–water partition coefficient (Wildman–Crippen LogP) is 2.59. The first-order valence-corrected chi connectivity index (χ1v) is 22.9. The van der Waals surface area contributed by atoms with Gasteiger partial charge in [-0.15, -0.1) is 0 Å². The van der Waals surface area contributed by atoms with Crippen molar-refractivity contribution in [3.8, 4) is 0 Å². The van der Waals surface area contributed by atoms with Crippen LogP contribution in [-0.4, -0.2) is 188 Å². The second kappa shape index (κ2) is 24.1. The topological polar surface area (TPSA) is 217 Å². The van der Waals surface area contributed by atoms with Crippen molar-refractivity contribution in [3.05, 3.63) is 0 Å². The van der Waals surface area contributed by atoms with Crippen molar-refractivity contribution in [2.24, 2.45) is 23.7 Å². The zero-order chi connectivity index (χ0) is 46.9. The highest BCUT2D eigenvalue weighted by Crippen LogP contribution is 2.43. The van der Waals surface area contributed by atoms with Gasteiger partial charge in [-0.3, -0.25) is 10.1 Å². The Morgan fingerprint density at radius 3 is 2.11 bits per heavy atom. The number of cyclic esters (lactones) is 1. The van der Waals surface area contributed by atoms with Crippen molar-refractivity contribution in [1.29, 1.82) is 0 Å². The number of nitrogens with zero attached hydrogens (tertiary/aromatic N) is 1. The van der Waals surface area contributed by atoms with Crippen LogP contribution in [-0.2, 0) is 47.4 Å². The Kier molecular flexibility index (Phi) is 21.4. The van der Waals surface area contributed by atoms with Gasteiger partial charge in [0.1, 0.15) is 30.1 Å². The highest BCUT2D eigenvalue weighted by Gasteiger charge is 2.55. The molecular formula is C45H86N2O15. The number of likely N-dealkylation sites (N-methyl/N-ethyl adjacent to an activating group) is 1. The summed E-state index contributed by atoms with van der Waals surface area (Å²) < 4.78 is 55.7. The molecule has 0 aromatic heterocycles. The van der Waals surface area contributed by atoms with Crippen molar-refractivity contribution < 1.29 is 73.0 Å². The van der Waals surface area contributed by atoms with E-state index in [0.29, 0.717) is 26.2 Å². The largest absolute Gasteiger partial charge is 0.459 e. The molecule has 0 saturated carbocycles. The molecule has 17 nitrogen and oxygen atoms in total. The molecule has 366 valence electrons. The minimum absolute atomic E-state index is 0.137. The monoisotopic (exact) mass is 895 g/mol. The molecule has 4 rings (SSSR count). The van der Waals surface area contributed by atoms with E-state index in [4.69, 9.17) is 47.7 Å².